The van der Waals surface area contributed by atoms with Gasteiger partial charge in [-0.3, -0.25) is 9.59 Å². The van der Waals surface area contributed by atoms with Crippen LogP contribution in [0.1, 0.15) is 18.4 Å². The molecule has 114 valence electrons. The van der Waals surface area contributed by atoms with E-state index in [0.717, 1.165) is 18.4 Å². The fourth-order valence-corrected chi connectivity index (χ4v) is 2.55. The molecule has 21 heavy (non-hydrogen) atoms. The average Bonchev–Trinajstić information content (AvgIpc) is 3.25. The minimum atomic E-state index is -0.967. The van der Waals surface area contributed by atoms with Crippen LogP contribution in [0.5, 0.6) is 0 Å². The van der Waals surface area contributed by atoms with Gasteiger partial charge in [-0.2, -0.15) is 0 Å². The highest BCUT2D eigenvalue weighted by Gasteiger charge is 2.53. The maximum atomic E-state index is 12.8. The van der Waals surface area contributed by atoms with Crippen molar-refractivity contribution in [3.63, 3.8) is 0 Å². The van der Waals surface area contributed by atoms with Gasteiger partial charge in [-0.15, -0.1) is 0 Å². The van der Waals surface area contributed by atoms with Crippen molar-refractivity contribution in [2.45, 2.75) is 18.3 Å². The number of carboxylic acids is 1. The van der Waals surface area contributed by atoms with Crippen LogP contribution in [0, 0.1) is 0 Å². The third-order valence-corrected chi connectivity index (χ3v) is 3.92. The summed E-state index contributed by atoms with van der Waals surface area (Å²) in [4.78, 5) is 27.3. The average molecular weight is 290 g/mol. The van der Waals surface area contributed by atoms with E-state index in [0.29, 0.717) is 13.1 Å². The Bertz CT molecular complexity index is 510. The molecule has 1 aromatic rings. The van der Waals surface area contributed by atoms with E-state index in [1.165, 1.54) is 4.90 Å². The van der Waals surface area contributed by atoms with Crippen LogP contribution in [-0.2, 0) is 15.0 Å². The van der Waals surface area contributed by atoms with Crippen LogP contribution in [0.3, 0.4) is 0 Å². The number of carbonyl (C=O) groups is 2. The molecule has 0 aliphatic heterocycles. The SMILES string of the molecule is CN(C)CCN(CC(=O)O)C(=O)C1(c2ccccc2)CC1. The maximum absolute atomic E-state index is 12.8. The van der Waals surface area contributed by atoms with E-state index in [4.69, 9.17) is 5.11 Å². The lowest BCUT2D eigenvalue weighted by Crippen LogP contribution is -2.45. The highest BCUT2D eigenvalue weighted by atomic mass is 16.4. The van der Waals surface area contributed by atoms with Gasteiger partial charge in [0.05, 0.1) is 5.41 Å². The molecule has 0 atom stereocenters. The van der Waals surface area contributed by atoms with E-state index in [2.05, 4.69) is 0 Å². The molecule has 1 aliphatic carbocycles. The summed E-state index contributed by atoms with van der Waals surface area (Å²) in [6.07, 6.45) is 1.60. The molecule has 1 amide bonds. The second-order valence-corrected chi connectivity index (χ2v) is 5.87. The Balaban J connectivity index is 2.15. The Hall–Kier alpha value is -1.88. The zero-order valence-electron chi connectivity index (χ0n) is 12.6. The van der Waals surface area contributed by atoms with Crippen LogP contribution in [0.25, 0.3) is 0 Å². The van der Waals surface area contributed by atoms with Crippen molar-refractivity contribution < 1.29 is 14.7 Å². The Kier molecular flexibility index (Phi) is 4.63. The van der Waals surface area contributed by atoms with Gasteiger partial charge in [0.25, 0.3) is 0 Å². The molecule has 0 radical (unpaired) electrons. The number of carbonyl (C=O) groups excluding carboxylic acids is 1. The molecule has 5 heteroatoms. The molecule has 0 unspecified atom stereocenters. The largest absolute Gasteiger partial charge is 0.480 e. The van der Waals surface area contributed by atoms with Gasteiger partial charge in [-0.05, 0) is 32.5 Å². The molecule has 0 heterocycles. The second-order valence-electron chi connectivity index (χ2n) is 5.87. The van der Waals surface area contributed by atoms with Crippen molar-refractivity contribution in [1.82, 2.24) is 9.80 Å². The summed E-state index contributed by atoms with van der Waals surface area (Å²) in [5, 5.41) is 9.05. The van der Waals surface area contributed by atoms with E-state index in [1.54, 1.807) is 0 Å². The first-order valence-corrected chi connectivity index (χ1v) is 7.17. The van der Waals surface area contributed by atoms with E-state index in [-0.39, 0.29) is 12.5 Å². The number of nitrogens with zero attached hydrogens (tertiary/aromatic N) is 2. The standard InChI is InChI=1S/C16H22N2O3/c1-17(2)10-11-18(12-14(19)20)15(21)16(8-9-16)13-6-4-3-5-7-13/h3-7H,8-12H2,1-2H3,(H,19,20). The molecule has 0 aromatic heterocycles. The fraction of sp³-hybridized carbons (Fsp3) is 0.500. The van der Waals surface area contributed by atoms with Crippen LogP contribution in [0.2, 0.25) is 0 Å². The van der Waals surface area contributed by atoms with Crippen LogP contribution >= 0.6 is 0 Å². The van der Waals surface area contributed by atoms with Gasteiger partial charge in [-0.25, -0.2) is 0 Å². The maximum Gasteiger partial charge on any atom is 0.323 e. The zero-order valence-corrected chi connectivity index (χ0v) is 12.6. The van der Waals surface area contributed by atoms with Crippen molar-refractivity contribution in [1.29, 1.82) is 0 Å². The van der Waals surface area contributed by atoms with E-state index in [9.17, 15) is 9.59 Å². The van der Waals surface area contributed by atoms with Gasteiger partial charge in [0.2, 0.25) is 5.91 Å². The van der Waals surface area contributed by atoms with Gasteiger partial charge < -0.3 is 14.9 Å². The first kappa shape index (κ1) is 15.5. The van der Waals surface area contributed by atoms with Gasteiger partial charge in [0.15, 0.2) is 0 Å². The third-order valence-electron chi connectivity index (χ3n) is 3.92. The van der Waals surface area contributed by atoms with Crippen molar-refractivity contribution in [2.75, 3.05) is 33.7 Å². The zero-order chi connectivity index (χ0) is 15.5. The Morgan fingerprint density at radius 3 is 2.24 bits per heavy atom. The number of aliphatic carboxylic acids is 1. The molecule has 5 nitrogen and oxygen atoms in total. The summed E-state index contributed by atoms with van der Waals surface area (Å²) in [7, 11) is 3.82. The Morgan fingerprint density at radius 2 is 1.76 bits per heavy atom. The molecule has 0 bridgehead atoms. The van der Waals surface area contributed by atoms with E-state index in [1.807, 2.05) is 49.3 Å². The molecule has 0 spiro atoms. The predicted octanol–water partition coefficient (Wildman–Crippen LogP) is 1.19. The van der Waals surface area contributed by atoms with Crippen LogP contribution in [-0.4, -0.2) is 60.5 Å². The molecular weight excluding hydrogens is 268 g/mol. The molecule has 1 aliphatic rings. The minimum absolute atomic E-state index is 0.0575. The van der Waals surface area contributed by atoms with Crippen molar-refractivity contribution in [3.05, 3.63) is 35.9 Å². The third kappa shape index (κ3) is 3.61. The summed E-state index contributed by atoms with van der Waals surface area (Å²) >= 11 is 0. The summed E-state index contributed by atoms with van der Waals surface area (Å²) in [6.45, 7) is 0.859. The molecular formula is C16H22N2O3. The number of carboxylic acid groups (broad SMARTS) is 1. The summed E-state index contributed by atoms with van der Waals surface area (Å²) in [6, 6.07) is 9.67. The number of hydrogen-bond donors (Lipinski definition) is 1. The molecule has 0 saturated heterocycles. The van der Waals surface area contributed by atoms with E-state index < -0.39 is 11.4 Å². The lowest BCUT2D eigenvalue weighted by Gasteiger charge is -2.27. The normalized spacial score (nSPS) is 15.8. The van der Waals surface area contributed by atoms with Crippen LogP contribution in [0.15, 0.2) is 30.3 Å². The van der Waals surface area contributed by atoms with Crippen LogP contribution < -0.4 is 0 Å². The van der Waals surface area contributed by atoms with Gasteiger partial charge in [-0.1, -0.05) is 30.3 Å². The number of benzene rings is 1. The minimum Gasteiger partial charge on any atom is -0.480 e. The Morgan fingerprint density at radius 1 is 1.14 bits per heavy atom. The molecule has 1 saturated carbocycles. The van der Waals surface area contributed by atoms with Gasteiger partial charge >= 0.3 is 5.97 Å². The highest BCUT2D eigenvalue weighted by molar-refractivity contribution is 5.93. The summed E-state index contributed by atoms with van der Waals surface area (Å²) in [5.41, 5.74) is 0.499. The van der Waals surface area contributed by atoms with Gasteiger partial charge in [0, 0.05) is 13.1 Å². The monoisotopic (exact) mass is 290 g/mol. The van der Waals surface area contributed by atoms with Crippen molar-refractivity contribution in [3.8, 4) is 0 Å². The molecule has 1 fully saturated rings. The summed E-state index contributed by atoms with van der Waals surface area (Å²) in [5.74, 6) is -1.02. The number of amides is 1. The van der Waals surface area contributed by atoms with Crippen molar-refractivity contribution >= 4 is 11.9 Å². The smallest absolute Gasteiger partial charge is 0.323 e. The molecule has 1 aromatic carbocycles. The predicted molar refractivity (Wildman–Crippen MR) is 80.1 cm³/mol. The topological polar surface area (TPSA) is 60.9 Å². The van der Waals surface area contributed by atoms with Crippen LogP contribution in [0.4, 0.5) is 0 Å². The molecule has 2 rings (SSSR count). The number of hydrogen-bond acceptors (Lipinski definition) is 3. The summed E-state index contributed by atoms with van der Waals surface area (Å²) < 4.78 is 0. The first-order chi connectivity index (χ1) is 9.95. The highest BCUT2D eigenvalue weighted by Crippen LogP contribution is 2.49. The quantitative estimate of drug-likeness (QED) is 0.819. The second kappa shape index (κ2) is 6.26. The first-order valence-electron chi connectivity index (χ1n) is 7.17. The Labute approximate surface area is 125 Å². The van der Waals surface area contributed by atoms with E-state index >= 15 is 0 Å². The lowest BCUT2D eigenvalue weighted by atomic mass is 9.94. The fourth-order valence-electron chi connectivity index (χ4n) is 2.55. The lowest BCUT2D eigenvalue weighted by molar-refractivity contribution is -0.145. The number of rotatable bonds is 7. The van der Waals surface area contributed by atoms with Crippen molar-refractivity contribution in [2.24, 2.45) is 0 Å². The number of likely N-dealkylation sites (N-methyl/N-ethyl adjacent to an activating group) is 1. The van der Waals surface area contributed by atoms with Gasteiger partial charge in [0.1, 0.15) is 6.54 Å². The molecule has 1 N–H and O–H groups in total.